The topological polar surface area (TPSA) is 73.1 Å². The van der Waals surface area contributed by atoms with Gasteiger partial charge < -0.3 is 10.4 Å². The SMILES string of the molecule is N#CCSCC(=O)NCC(O)c1ccccc1. The Balaban J connectivity index is 2.27. The Morgan fingerprint density at radius 1 is 1.47 bits per heavy atom. The molecule has 1 amide bonds. The van der Waals surface area contributed by atoms with Crippen LogP contribution in [0.3, 0.4) is 0 Å². The van der Waals surface area contributed by atoms with E-state index in [9.17, 15) is 9.90 Å². The minimum Gasteiger partial charge on any atom is -0.387 e. The highest BCUT2D eigenvalue weighted by molar-refractivity contribution is 8.00. The van der Waals surface area contributed by atoms with Crippen LogP contribution in [0.1, 0.15) is 11.7 Å². The zero-order chi connectivity index (χ0) is 12.5. The molecule has 5 heteroatoms. The van der Waals surface area contributed by atoms with Crippen molar-refractivity contribution in [2.75, 3.05) is 18.1 Å². The summed E-state index contributed by atoms with van der Waals surface area (Å²) >= 11 is 1.25. The summed E-state index contributed by atoms with van der Waals surface area (Å²) in [6, 6.07) is 11.1. The normalized spacial score (nSPS) is 11.5. The third kappa shape index (κ3) is 5.38. The summed E-state index contributed by atoms with van der Waals surface area (Å²) in [5, 5.41) is 20.7. The van der Waals surface area contributed by atoms with Crippen molar-refractivity contribution in [1.82, 2.24) is 5.32 Å². The standard InChI is InChI=1S/C12H14N2O2S/c13-6-7-17-9-12(16)14-8-11(15)10-4-2-1-3-5-10/h1-5,11,15H,7-9H2,(H,14,16). The van der Waals surface area contributed by atoms with Crippen LogP contribution < -0.4 is 5.32 Å². The first-order valence-electron chi connectivity index (χ1n) is 5.18. The maximum atomic E-state index is 11.3. The van der Waals surface area contributed by atoms with Crippen molar-refractivity contribution in [2.24, 2.45) is 0 Å². The Bertz CT molecular complexity index is 389. The van der Waals surface area contributed by atoms with Gasteiger partial charge in [0, 0.05) is 6.54 Å². The van der Waals surface area contributed by atoms with Gasteiger partial charge in [-0.1, -0.05) is 30.3 Å². The van der Waals surface area contributed by atoms with E-state index in [1.54, 1.807) is 12.1 Å². The number of aliphatic hydroxyl groups excluding tert-OH is 1. The summed E-state index contributed by atoms with van der Waals surface area (Å²) < 4.78 is 0. The first kappa shape index (κ1) is 13.6. The number of rotatable bonds is 6. The van der Waals surface area contributed by atoms with Gasteiger partial charge in [0.2, 0.25) is 5.91 Å². The monoisotopic (exact) mass is 250 g/mol. The van der Waals surface area contributed by atoms with E-state index in [1.165, 1.54) is 11.8 Å². The van der Waals surface area contributed by atoms with E-state index in [-0.39, 0.29) is 18.2 Å². The van der Waals surface area contributed by atoms with Gasteiger partial charge in [0.05, 0.1) is 23.7 Å². The van der Waals surface area contributed by atoms with Gasteiger partial charge in [-0.05, 0) is 5.56 Å². The van der Waals surface area contributed by atoms with Crippen LogP contribution >= 0.6 is 11.8 Å². The molecule has 0 saturated heterocycles. The van der Waals surface area contributed by atoms with Crippen LogP contribution in [0.2, 0.25) is 0 Å². The van der Waals surface area contributed by atoms with Crippen LogP contribution in [0.25, 0.3) is 0 Å². The van der Waals surface area contributed by atoms with Gasteiger partial charge in [-0.25, -0.2) is 0 Å². The third-order valence-corrected chi connectivity index (χ3v) is 2.88. The smallest absolute Gasteiger partial charge is 0.230 e. The lowest BCUT2D eigenvalue weighted by molar-refractivity contribution is -0.119. The summed E-state index contributed by atoms with van der Waals surface area (Å²) in [5.74, 6) is 0.379. The molecule has 1 atom stereocenters. The molecule has 2 N–H and O–H groups in total. The average Bonchev–Trinajstić information content (AvgIpc) is 2.37. The zero-order valence-electron chi connectivity index (χ0n) is 9.30. The molecule has 0 aliphatic heterocycles. The Morgan fingerprint density at radius 2 is 2.18 bits per heavy atom. The highest BCUT2D eigenvalue weighted by Crippen LogP contribution is 2.10. The number of benzene rings is 1. The minimum absolute atomic E-state index is 0.166. The summed E-state index contributed by atoms with van der Waals surface area (Å²) in [5.41, 5.74) is 0.775. The van der Waals surface area contributed by atoms with Crippen molar-refractivity contribution in [2.45, 2.75) is 6.10 Å². The lowest BCUT2D eigenvalue weighted by Gasteiger charge is -2.11. The molecule has 4 nitrogen and oxygen atoms in total. The molecular weight excluding hydrogens is 236 g/mol. The minimum atomic E-state index is -0.693. The van der Waals surface area contributed by atoms with Crippen molar-refractivity contribution in [3.05, 3.63) is 35.9 Å². The lowest BCUT2D eigenvalue weighted by Crippen LogP contribution is -2.29. The van der Waals surface area contributed by atoms with Crippen LogP contribution in [-0.4, -0.2) is 29.1 Å². The number of carbonyl (C=O) groups excluding carboxylic acids is 1. The molecular formula is C12H14N2O2S. The number of aliphatic hydroxyl groups is 1. The molecule has 1 aromatic rings. The fourth-order valence-corrected chi connectivity index (χ4v) is 1.72. The maximum Gasteiger partial charge on any atom is 0.230 e. The summed E-state index contributed by atoms with van der Waals surface area (Å²) in [7, 11) is 0. The highest BCUT2D eigenvalue weighted by Gasteiger charge is 2.08. The van der Waals surface area contributed by atoms with Gasteiger partial charge in [-0.3, -0.25) is 4.79 Å². The molecule has 0 aromatic heterocycles. The van der Waals surface area contributed by atoms with E-state index in [2.05, 4.69) is 5.32 Å². The Kier molecular flexibility index (Phi) is 6.15. The van der Waals surface area contributed by atoms with E-state index in [0.717, 1.165) is 5.56 Å². The molecule has 0 bridgehead atoms. The number of carbonyl (C=O) groups is 1. The van der Waals surface area contributed by atoms with E-state index >= 15 is 0 Å². The van der Waals surface area contributed by atoms with Crippen LogP contribution in [0.5, 0.6) is 0 Å². The van der Waals surface area contributed by atoms with E-state index < -0.39 is 6.10 Å². The van der Waals surface area contributed by atoms with Crippen LogP contribution in [-0.2, 0) is 4.79 Å². The highest BCUT2D eigenvalue weighted by atomic mass is 32.2. The molecule has 0 aliphatic carbocycles. The summed E-state index contributed by atoms with van der Waals surface area (Å²) in [6.45, 7) is 0.190. The predicted molar refractivity (Wildman–Crippen MR) is 67.3 cm³/mol. The second-order valence-corrected chi connectivity index (χ2v) is 4.37. The van der Waals surface area contributed by atoms with Gasteiger partial charge in [0.15, 0.2) is 0 Å². The molecule has 1 unspecified atom stereocenters. The molecule has 1 aromatic carbocycles. The van der Waals surface area contributed by atoms with Crippen LogP contribution in [0.15, 0.2) is 30.3 Å². The molecule has 17 heavy (non-hydrogen) atoms. The van der Waals surface area contributed by atoms with Crippen molar-refractivity contribution in [3.8, 4) is 6.07 Å². The Morgan fingerprint density at radius 3 is 2.82 bits per heavy atom. The molecule has 90 valence electrons. The molecule has 1 rings (SSSR count). The fourth-order valence-electron chi connectivity index (χ4n) is 1.24. The summed E-state index contributed by atoms with van der Waals surface area (Å²) in [4.78, 5) is 11.3. The van der Waals surface area contributed by atoms with Crippen LogP contribution in [0, 0.1) is 11.3 Å². The van der Waals surface area contributed by atoms with E-state index in [1.807, 2.05) is 24.3 Å². The largest absolute Gasteiger partial charge is 0.387 e. The number of amides is 1. The molecule has 0 radical (unpaired) electrons. The number of nitriles is 1. The number of hydrogen-bond acceptors (Lipinski definition) is 4. The number of hydrogen-bond donors (Lipinski definition) is 2. The molecule has 0 aliphatic rings. The van der Waals surface area contributed by atoms with Crippen molar-refractivity contribution < 1.29 is 9.90 Å². The quantitative estimate of drug-likeness (QED) is 0.741. The maximum absolute atomic E-state index is 11.3. The first-order valence-corrected chi connectivity index (χ1v) is 6.34. The second kappa shape index (κ2) is 7.71. The van der Waals surface area contributed by atoms with Crippen LogP contribution in [0.4, 0.5) is 0 Å². The molecule has 0 saturated carbocycles. The second-order valence-electron chi connectivity index (χ2n) is 3.38. The fraction of sp³-hybridized carbons (Fsp3) is 0.333. The zero-order valence-corrected chi connectivity index (χ0v) is 10.1. The number of thioether (sulfide) groups is 1. The van der Waals surface area contributed by atoms with Gasteiger partial charge >= 0.3 is 0 Å². The average molecular weight is 250 g/mol. The van der Waals surface area contributed by atoms with Crippen molar-refractivity contribution >= 4 is 17.7 Å². The number of nitrogens with zero attached hydrogens (tertiary/aromatic N) is 1. The Hall–Kier alpha value is -1.51. The Labute approximate surface area is 105 Å². The molecule has 0 heterocycles. The summed E-state index contributed by atoms with van der Waals surface area (Å²) in [6.07, 6.45) is -0.693. The van der Waals surface area contributed by atoms with Gasteiger partial charge in [0.25, 0.3) is 0 Å². The lowest BCUT2D eigenvalue weighted by atomic mass is 10.1. The first-order chi connectivity index (χ1) is 8.24. The third-order valence-electron chi connectivity index (χ3n) is 2.08. The molecule has 0 fully saturated rings. The van der Waals surface area contributed by atoms with E-state index in [4.69, 9.17) is 5.26 Å². The van der Waals surface area contributed by atoms with Gasteiger partial charge in [-0.15, -0.1) is 11.8 Å². The van der Waals surface area contributed by atoms with Gasteiger partial charge in [-0.2, -0.15) is 5.26 Å². The molecule has 0 spiro atoms. The van der Waals surface area contributed by atoms with E-state index in [0.29, 0.717) is 5.75 Å². The van der Waals surface area contributed by atoms with Gasteiger partial charge in [0.1, 0.15) is 0 Å². The van der Waals surface area contributed by atoms with Crippen molar-refractivity contribution in [3.63, 3.8) is 0 Å². The number of nitrogens with one attached hydrogen (secondary N) is 1. The van der Waals surface area contributed by atoms with Crippen molar-refractivity contribution in [1.29, 1.82) is 5.26 Å². The predicted octanol–water partition coefficient (Wildman–Crippen LogP) is 1.09.